The molecule has 1 aliphatic carbocycles. The van der Waals surface area contributed by atoms with Gasteiger partial charge in [-0.15, -0.1) is 0 Å². The molecule has 1 aromatic heterocycles. The summed E-state index contributed by atoms with van der Waals surface area (Å²) in [5.41, 5.74) is 1.92. The van der Waals surface area contributed by atoms with Gasteiger partial charge in [-0.2, -0.15) is 4.98 Å². The van der Waals surface area contributed by atoms with Gasteiger partial charge in [-0.05, 0) is 89.1 Å². The Morgan fingerprint density at radius 1 is 1.12 bits per heavy atom. The molecule has 228 valence electrons. The first kappa shape index (κ1) is 30.1. The Hall–Kier alpha value is -3.40. The van der Waals surface area contributed by atoms with Crippen molar-refractivity contribution in [1.29, 1.82) is 0 Å². The van der Waals surface area contributed by atoms with Gasteiger partial charge in [0, 0.05) is 31.2 Å². The summed E-state index contributed by atoms with van der Waals surface area (Å²) in [6.45, 7) is 9.45. The third kappa shape index (κ3) is 6.64. The third-order valence-electron chi connectivity index (χ3n) is 9.14. The number of carbonyl (C=O) groups excluding carboxylic acids is 2. The van der Waals surface area contributed by atoms with Gasteiger partial charge in [-0.1, -0.05) is 20.3 Å². The summed E-state index contributed by atoms with van der Waals surface area (Å²) in [5, 5.41) is 6.52. The zero-order valence-electron chi connectivity index (χ0n) is 25.9. The van der Waals surface area contributed by atoms with Crippen LogP contribution < -0.4 is 25.2 Å². The summed E-state index contributed by atoms with van der Waals surface area (Å²) in [6.07, 6.45) is 11.0. The summed E-state index contributed by atoms with van der Waals surface area (Å²) in [7, 11) is 3.36. The first-order chi connectivity index (χ1) is 20.2. The normalized spacial score (nSPS) is 23.1. The molecule has 2 fully saturated rings. The van der Waals surface area contributed by atoms with Crippen LogP contribution in [-0.2, 0) is 4.79 Å². The van der Waals surface area contributed by atoms with Crippen molar-refractivity contribution >= 4 is 35.0 Å². The molecule has 10 nitrogen and oxygen atoms in total. The fourth-order valence-corrected chi connectivity index (χ4v) is 6.48. The minimum atomic E-state index is -0.309. The van der Waals surface area contributed by atoms with E-state index in [0.717, 1.165) is 44.5 Å². The average Bonchev–Trinajstić information content (AvgIpc) is 3.00. The van der Waals surface area contributed by atoms with Gasteiger partial charge in [0.2, 0.25) is 11.9 Å². The maximum atomic E-state index is 13.2. The van der Waals surface area contributed by atoms with Gasteiger partial charge in [-0.25, -0.2) is 4.98 Å². The molecule has 5 rings (SSSR count). The third-order valence-corrected chi connectivity index (χ3v) is 9.14. The highest BCUT2D eigenvalue weighted by Crippen LogP contribution is 2.36. The molecule has 2 aliphatic heterocycles. The maximum Gasteiger partial charge on any atom is 0.251 e. The lowest BCUT2D eigenvalue weighted by Crippen LogP contribution is -2.51. The lowest BCUT2D eigenvalue weighted by atomic mass is 9.89. The van der Waals surface area contributed by atoms with Crippen molar-refractivity contribution in [1.82, 2.24) is 20.2 Å². The Labute approximate surface area is 250 Å². The van der Waals surface area contributed by atoms with Crippen molar-refractivity contribution in [2.75, 3.05) is 48.9 Å². The van der Waals surface area contributed by atoms with E-state index in [1.165, 1.54) is 32.4 Å². The van der Waals surface area contributed by atoms with Crippen molar-refractivity contribution in [2.45, 2.75) is 90.3 Å². The number of fused-ring (bicyclic) bond motifs is 1. The molecule has 2 N–H and O–H groups in total. The van der Waals surface area contributed by atoms with Crippen molar-refractivity contribution in [3.05, 3.63) is 30.0 Å². The van der Waals surface area contributed by atoms with Crippen LogP contribution in [0, 0.1) is 5.92 Å². The van der Waals surface area contributed by atoms with Gasteiger partial charge in [0.15, 0.2) is 5.82 Å². The van der Waals surface area contributed by atoms with E-state index in [1.807, 2.05) is 13.0 Å². The number of hydrogen-bond acceptors (Lipinski definition) is 8. The summed E-state index contributed by atoms with van der Waals surface area (Å²) < 4.78 is 5.66. The SMILES string of the molecule is COc1cc(C(=O)NC2CCC(N3CCCCC3)CC2)ccc1Nc1ncc2c(n1)N(CCC(C)C)[C@H](C)C(=O)N2C. The lowest BCUT2D eigenvalue weighted by Gasteiger charge is -2.39. The molecule has 2 aromatic rings. The van der Waals surface area contributed by atoms with E-state index in [0.29, 0.717) is 40.6 Å². The van der Waals surface area contributed by atoms with Crippen LogP contribution >= 0.6 is 0 Å². The van der Waals surface area contributed by atoms with Crippen LogP contribution in [0.1, 0.15) is 82.5 Å². The monoisotopic (exact) mass is 577 g/mol. The molecule has 10 heteroatoms. The van der Waals surface area contributed by atoms with Gasteiger partial charge in [0.1, 0.15) is 17.5 Å². The number of hydrogen-bond donors (Lipinski definition) is 2. The number of aromatic nitrogens is 2. The van der Waals surface area contributed by atoms with Crippen LogP contribution in [-0.4, -0.2) is 78.6 Å². The molecule has 2 amide bonds. The topological polar surface area (TPSA) is 103 Å². The highest BCUT2D eigenvalue weighted by Gasteiger charge is 2.35. The number of amides is 2. The second kappa shape index (κ2) is 13.3. The molecule has 0 radical (unpaired) electrons. The number of likely N-dealkylation sites (N-methyl/N-ethyl adjacent to an activating group) is 1. The molecule has 0 unspecified atom stereocenters. The van der Waals surface area contributed by atoms with E-state index < -0.39 is 0 Å². The Kier molecular flexibility index (Phi) is 9.50. The number of rotatable bonds is 9. The van der Waals surface area contributed by atoms with Crippen LogP contribution in [0.5, 0.6) is 5.75 Å². The number of carbonyl (C=O) groups is 2. The molecular formula is C32H47N7O3. The molecule has 1 saturated heterocycles. The number of nitrogens with one attached hydrogen (secondary N) is 2. The van der Waals surface area contributed by atoms with Crippen molar-refractivity contribution in [3.63, 3.8) is 0 Å². The first-order valence-corrected chi connectivity index (χ1v) is 15.7. The number of nitrogens with zero attached hydrogens (tertiary/aromatic N) is 5. The van der Waals surface area contributed by atoms with E-state index in [2.05, 4.69) is 39.3 Å². The fraction of sp³-hybridized carbons (Fsp3) is 0.625. The van der Waals surface area contributed by atoms with Gasteiger partial charge < -0.3 is 30.1 Å². The Balaban J connectivity index is 1.25. The minimum Gasteiger partial charge on any atom is -0.495 e. The average molecular weight is 578 g/mol. The van der Waals surface area contributed by atoms with Crippen LogP contribution in [0.25, 0.3) is 0 Å². The second-order valence-corrected chi connectivity index (χ2v) is 12.5. The summed E-state index contributed by atoms with van der Waals surface area (Å²) in [4.78, 5) is 41.7. The Morgan fingerprint density at radius 2 is 1.86 bits per heavy atom. The predicted octanol–water partition coefficient (Wildman–Crippen LogP) is 4.97. The summed E-state index contributed by atoms with van der Waals surface area (Å²) in [5.74, 6) is 2.13. The van der Waals surface area contributed by atoms with Gasteiger partial charge in [0.05, 0.1) is 19.0 Å². The highest BCUT2D eigenvalue weighted by molar-refractivity contribution is 6.04. The lowest BCUT2D eigenvalue weighted by molar-refractivity contribution is -0.119. The summed E-state index contributed by atoms with van der Waals surface area (Å²) in [6, 6.07) is 5.97. The molecule has 1 atom stereocenters. The number of methoxy groups -OCH3 is 1. The minimum absolute atomic E-state index is 0.0288. The molecule has 1 aromatic carbocycles. The quantitative estimate of drug-likeness (QED) is 0.431. The second-order valence-electron chi connectivity index (χ2n) is 12.5. The Bertz CT molecular complexity index is 1250. The molecule has 3 aliphatic rings. The number of benzene rings is 1. The van der Waals surface area contributed by atoms with Crippen molar-refractivity contribution < 1.29 is 14.3 Å². The molecule has 0 spiro atoms. The number of anilines is 4. The van der Waals surface area contributed by atoms with Crippen molar-refractivity contribution in [3.8, 4) is 5.75 Å². The summed E-state index contributed by atoms with van der Waals surface area (Å²) >= 11 is 0. The molecule has 1 saturated carbocycles. The number of likely N-dealkylation sites (tertiary alicyclic amines) is 1. The first-order valence-electron chi connectivity index (χ1n) is 15.7. The molecule has 0 bridgehead atoms. The van der Waals surface area contributed by atoms with Crippen molar-refractivity contribution in [2.24, 2.45) is 5.92 Å². The van der Waals surface area contributed by atoms with Crippen LogP contribution in [0.3, 0.4) is 0 Å². The molecule has 3 heterocycles. The smallest absolute Gasteiger partial charge is 0.251 e. The predicted molar refractivity (Wildman–Crippen MR) is 167 cm³/mol. The van der Waals surface area contributed by atoms with Gasteiger partial charge >= 0.3 is 0 Å². The van der Waals surface area contributed by atoms with Gasteiger partial charge in [-0.3, -0.25) is 9.59 Å². The van der Waals surface area contributed by atoms with E-state index >= 15 is 0 Å². The highest BCUT2D eigenvalue weighted by atomic mass is 16.5. The molecule has 42 heavy (non-hydrogen) atoms. The van der Waals surface area contributed by atoms with E-state index in [-0.39, 0.29) is 23.9 Å². The number of piperidine rings is 1. The zero-order chi connectivity index (χ0) is 29.8. The van der Waals surface area contributed by atoms with E-state index in [1.54, 1.807) is 37.4 Å². The van der Waals surface area contributed by atoms with E-state index in [4.69, 9.17) is 9.72 Å². The van der Waals surface area contributed by atoms with Crippen LogP contribution in [0.15, 0.2) is 24.4 Å². The molecular weight excluding hydrogens is 530 g/mol. The Morgan fingerprint density at radius 3 is 2.55 bits per heavy atom. The maximum absolute atomic E-state index is 13.2. The van der Waals surface area contributed by atoms with Crippen LogP contribution in [0.4, 0.5) is 23.1 Å². The largest absolute Gasteiger partial charge is 0.495 e. The van der Waals surface area contributed by atoms with Crippen LogP contribution in [0.2, 0.25) is 0 Å². The fourth-order valence-electron chi connectivity index (χ4n) is 6.48. The standard InChI is InChI=1S/C32H47N7O3/c1-21(2)15-18-39-22(3)31(41)37(4)27-20-33-32(36-29(27)39)35-26-14-9-23(19-28(26)42-5)30(40)34-24-10-12-25(13-11-24)38-16-7-6-8-17-38/h9,14,19-22,24-25H,6-8,10-13,15-18H2,1-5H3,(H,34,40)(H,33,35,36)/t22-,24?,25?/m1/s1. The zero-order valence-corrected chi connectivity index (χ0v) is 25.9. The van der Waals surface area contributed by atoms with E-state index in [9.17, 15) is 9.59 Å². The number of ether oxygens (including phenoxy) is 1. The van der Waals surface area contributed by atoms with Gasteiger partial charge in [0.25, 0.3) is 5.91 Å².